The van der Waals surface area contributed by atoms with Crippen LogP contribution in [0.25, 0.3) is 11.0 Å². The van der Waals surface area contributed by atoms with Crippen LogP contribution in [0.15, 0.2) is 40.2 Å². The second-order valence-corrected chi connectivity index (χ2v) is 6.93. The summed E-state index contributed by atoms with van der Waals surface area (Å²) in [5.41, 5.74) is 1.31. The molecule has 0 unspecified atom stereocenters. The summed E-state index contributed by atoms with van der Waals surface area (Å²) in [6.45, 7) is 0. The molecule has 23 heavy (non-hydrogen) atoms. The zero-order chi connectivity index (χ0) is 16.4. The van der Waals surface area contributed by atoms with E-state index in [1.807, 2.05) is 13.1 Å². The third-order valence-electron chi connectivity index (χ3n) is 3.04. The first kappa shape index (κ1) is 16.2. The summed E-state index contributed by atoms with van der Waals surface area (Å²) < 4.78 is 2.53. The van der Waals surface area contributed by atoms with Gasteiger partial charge in [-0.15, -0.1) is 0 Å². The minimum absolute atomic E-state index is 0.158. The predicted octanol–water partition coefficient (Wildman–Crippen LogP) is 3.51. The third kappa shape index (κ3) is 3.65. The molecule has 0 bridgehead atoms. The van der Waals surface area contributed by atoms with Crippen LogP contribution in [0.2, 0.25) is 5.02 Å². The zero-order valence-corrected chi connectivity index (χ0v) is 15.1. The Hall–Kier alpha value is -1.64. The molecule has 6 nitrogen and oxygen atoms in total. The van der Waals surface area contributed by atoms with Crippen molar-refractivity contribution in [3.05, 3.63) is 40.2 Å². The standard InChI is InChI=1S/C14H11BrClN5OS/c1-21-13-9(5-19-21)14(18-7-17-13)23-6-12(22)20-11-3-2-8(15)4-10(11)16/h2-5,7H,6H2,1H3,(H,20,22). The number of anilines is 1. The molecule has 9 heteroatoms. The second-order valence-electron chi connectivity index (χ2n) is 4.65. The van der Waals surface area contributed by atoms with Crippen molar-refractivity contribution in [2.45, 2.75) is 5.03 Å². The Kier molecular flexibility index (Phi) is 4.84. The van der Waals surface area contributed by atoms with Crippen molar-refractivity contribution in [1.29, 1.82) is 0 Å². The highest BCUT2D eigenvalue weighted by molar-refractivity contribution is 9.10. The number of carbonyl (C=O) groups excluding carboxylic acids is 1. The van der Waals surface area contributed by atoms with Crippen LogP contribution in [-0.2, 0) is 11.8 Å². The number of hydrogen-bond acceptors (Lipinski definition) is 5. The molecule has 1 amide bonds. The van der Waals surface area contributed by atoms with Crippen LogP contribution in [0.4, 0.5) is 5.69 Å². The quantitative estimate of drug-likeness (QED) is 0.524. The number of halogens is 2. The van der Waals surface area contributed by atoms with Crippen LogP contribution in [0, 0.1) is 0 Å². The van der Waals surface area contributed by atoms with Gasteiger partial charge in [0.1, 0.15) is 11.4 Å². The summed E-state index contributed by atoms with van der Waals surface area (Å²) in [4.78, 5) is 20.5. The number of aromatic nitrogens is 4. The van der Waals surface area contributed by atoms with E-state index >= 15 is 0 Å². The monoisotopic (exact) mass is 411 g/mol. The highest BCUT2D eigenvalue weighted by Gasteiger charge is 2.11. The number of rotatable bonds is 4. The van der Waals surface area contributed by atoms with Crippen molar-refractivity contribution >= 4 is 61.9 Å². The molecule has 0 aliphatic heterocycles. The van der Waals surface area contributed by atoms with Gasteiger partial charge in [-0.3, -0.25) is 9.48 Å². The molecule has 118 valence electrons. The lowest BCUT2D eigenvalue weighted by Gasteiger charge is -2.07. The molecule has 0 radical (unpaired) electrons. The lowest BCUT2D eigenvalue weighted by Crippen LogP contribution is -2.14. The fourth-order valence-corrected chi connectivity index (χ4v) is 3.45. The molecule has 1 aromatic carbocycles. The summed E-state index contributed by atoms with van der Waals surface area (Å²) >= 11 is 10.7. The molecule has 0 aliphatic carbocycles. The van der Waals surface area contributed by atoms with Gasteiger partial charge in [-0.1, -0.05) is 39.3 Å². The molecule has 2 heterocycles. The van der Waals surface area contributed by atoms with E-state index in [1.165, 1.54) is 18.1 Å². The molecule has 0 spiro atoms. The number of amides is 1. The van der Waals surface area contributed by atoms with E-state index < -0.39 is 0 Å². The van der Waals surface area contributed by atoms with Crippen molar-refractivity contribution in [1.82, 2.24) is 19.7 Å². The van der Waals surface area contributed by atoms with Gasteiger partial charge in [-0.25, -0.2) is 9.97 Å². The largest absolute Gasteiger partial charge is 0.324 e. The van der Waals surface area contributed by atoms with E-state index in [4.69, 9.17) is 11.6 Å². The molecule has 0 fully saturated rings. The minimum atomic E-state index is -0.158. The highest BCUT2D eigenvalue weighted by Crippen LogP contribution is 2.27. The number of hydrogen-bond donors (Lipinski definition) is 1. The lowest BCUT2D eigenvalue weighted by atomic mass is 10.3. The van der Waals surface area contributed by atoms with Gasteiger partial charge in [0.25, 0.3) is 0 Å². The minimum Gasteiger partial charge on any atom is -0.324 e. The third-order valence-corrected chi connectivity index (χ3v) is 4.85. The van der Waals surface area contributed by atoms with Gasteiger partial charge in [-0.2, -0.15) is 5.10 Å². The van der Waals surface area contributed by atoms with Crippen LogP contribution < -0.4 is 5.32 Å². The lowest BCUT2D eigenvalue weighted by molar-refractivity contribution is -0.113. The summed E-state index contributed by atoms with van der Waals surface area (Å²) in [6.07, 6.45) is 3.16. The van der Waals surface area contributed by atoms with Gasteiger partial charge in [0, 0.05) is 11.5 Å². The van der Waals surface area contributed by atoms with E-state index in [-0.39, 0.29) is 11.7 Å². The Morgan fingerprint density at radius 3 is 3.04 bits per heavy atom. The average Bonchev–Trinajstić information content (AvgIpc) is 2.90. The molecule has 3 aromatic rings. The van der Waals surface area contributed by atoms with Crippen LogP contribution in [-0.4, -0.2) is 31.4 Å². The summed E-state index contributed by atoms with van der Waals surface area (Å²) in [7, 11) is 1.81. The number of fused-ring (bicyclic) bond motifs is 1. The fourth-order valence-electron chi connectivity index (χ4n) is 1.97. The summed E-state index contributed by atoms with van der Waals surface area (Å²) in [6, 6.07) is 5.30. The van der Waals surface area contributed by atoms with Gasteiger partial charge in [0.05, 0.1) is 28.0 Å². The maximum Gasteiger partial charge on any atom is 0.234 e. The first-order valence-electron chi connectivity index (χ1n) is 6.55. The Morgan fingerprint density at radius 2 is 2.26 bits per heavy atom. The van der Waals surface area contributed by atoms with Gasteiger partial charge < -0.3 is 5.32 Å². The molecule has 0 atom stereocenters. The average molecular weight is 413 g/mol. The predicted molar refractivity (Wildman–Crippen MR) is 94.8 cm³/mol. The maximum absolute atomic E-state index is 12.1. The highest BCUT2D eigenvalue weighted by atomic mass is 79.9. The normalized spacial score (nSPS) is 10.9. The van der Waals surface area contributed by atoms with E-state index in [1.54, 1.807) is 23.0 Å². The van der Waals surface area contributed by atoms with Crippen LogP contribution in [0.3, 0.4) is 0 Å². The van der Waals surface area contributed by atoms with Crippen molar-refractivity contribution < 1.29 is 4.79 Å². The first-order chi connectivity index (χ1) is 11.0. The molecule has 0 aliphatic rings. The molecule has 2 aromatic heterocycles. The fraction of sp³-hybridized carbons (Fsp3) is 0.143. The van der Waals surface area contributed by atoms with Crippen molar-refractivity contribution in [3.8, 4) is 0 Å². The summed E-state index contributed by atoms with van der Waals surface area (Å²) in [5, 5.41) is 8.97. The number of carbonyl (C=O) groups is 1. The van der Waals surface area contributed by atoms with Gasteiger partial charge >= 0.3 is 0 Å². The topological polar surface area (TPSA) is 72.7 Å². The van der Waals surface area contributed by atoms with E-state index in [0.717, 1.165) is 20.5 Å². The summed E-state index contributed by atoms with van der Waals surface area (Å²) in [5.74, 6) is 0.0582. The molecule has 1 N–H and O–H groups in total. The smallest absolute Gasteiger partial charge is 0.234 e. The molecule has 0 saturated heterocycles. The Bertz CT molecular complexity index is 885. The Morgan fingerprint density at radius 1 is 1.43 bits per heavy atom. The van der Waals surface area contributed by atoms with Gasteiger partial charge in [0.15, 0.2) is 5.65 Å². The maximum atomic E-state index is 12.1. The molecular weight excluding hydrogens is 402 g/mol. The second kappa shape index (κ2) is 6.86. The van der Waals surface area contributed by atoms with Crippen molar-refractivity contribution in [3.63, 3.8) is 0 Å². The Labute approximate surface area is 149 Å². The van der Waals surface area contributed by atoms with Gasteiger partial charge in [0.2, 0.25) is 5.91 Å². The van der Waals surface area contributed by atoms with E-state index in [0.29, 0.717) is 10.7 Å². The number of nitrogens with zero attached hydrogens (tertiary/aromatic N) is 4. The van der Waals surface area contributed by atoms with E-state index in [2.05, 4.69) is 36.3 Å². The van der Waals surface area contributed by atoms with E-state index in [9.17, 15) is 4.79 Å². The molecule has 0 saturated carbocycles. The van der Waals surface area contributed by atoms with Crippen molar-refractivity contribution in [2.24, 2.45) is 7.05 Å². The Balaban J connectivity index is 1.68. The number of nitrogens with one attached hydrogen (secondary N) is 1. The number of thioether (sulfide) groups is 1. The van der Waals surface area contributed by atoms with Crippen LogP contribution >= 0.6 is 39.3 Å². The number of benzene rings is 1. The van der Waals surface area contributed by atoms with Crippen LogP contribution in [0.1, 0.15) is 0 Å². The SMILES string of the molecule is Cn1ncc2c(SCC(=O)Nc3ccc(Br)cc3Cl)ncnc21. The first-order valence-corrected chi connectivity index (χ1v) is 8.70. The molecule has 3 rings (SSSR count). The van der Waals surface area contributed by atoms with Crippen molar-refractivity contribution in [2.75, 3.05) is 11.1 Å². The molecular formula is C14H11BrClN5OS. The van der Waals surface area contributed by atoms with Gasteiger partial charge in [-0.05, 0) is 18.2 Å². The van der Waals surface area contributed by atoms with Crippen LogP contribution in [0.5, 0.6) is 0 Å². The number of aryl methyl sites for hydroxylation is 1. The zero-order valence-electron chi connectivity index (χ0n) is 12.0.